The van der Waals surface area contributed by atoms with E-state index in [9.17, 15) is 9.18 Å². The summed E-state index contributed by atoms with van der Waals surface area (Å²) in [7, 11) is 1.58. The van der Waals surface area contributed by atoms with Crippen molar-refractivity contribution in [2.45, 2.75) is 37.5 Å². The SMILES string of the molecule is COc1ccc(F)cc1C1(CN=C=O)CCCCC1. The molecule has 0 bridgehead atoms. The minimum atomic E-state index is -0.289. The number of hydrogen-bond acceptors (Lipinski definition) is 3. The predicted molar refractivity (Wildman–Crippen MR) is 70.7 cm³/mol. The highest BCUT2D eigenvalue weighted by Gasteiger charge is 2.36. The molecule has 0 aliphatic heterocycles. The highest BCUT2D eigenvalue weighted by atomic mass is 19.1. The molecule has 102 valence electrons. The fraction of sp³-hybridized carbons (Fsp3) is 0.533. The number of hydrogen-bond donors (Lipinski definition) is 0. The third-order valence-electron chi connectivity index (χ3n) is 3.99. The zero-order valence-electron chi connectivity index (χ0n) is 11.1. The second-order valence-electron chi connectivity index (χ2n) is 5.09. The van der Waals surface area contributed by atoms with Crippen molar-refractivity contribution in [1.82, 2.24) is 0 Å². The van der Waals surface area contributed by atoms with Crippen molar-refractivity contribution in [3.05, 3.63) is 29.6 Å². The number of isocyanates is 1. The normalized spacial score (nSPS) is 17.6. The molecule has 0 radical (unpaired) electrons. The topological polar surface area (TPSA) is 38.7 Å². The van der Waals surface area contributed by atoms with Crippen LogP contribution in [0.4, 0.5) is 4.39 Å². The molecule has 3 nitrogen and oxygen atoms in total. The van der Waals surface area contributed by atoms with Crippen molar-refractivity contribution in [2.24, 2.45) is 4.99 Å². The van der Waals surface area contributed by atoms with Crippen LogP contribution in [0.15, 0.2) is 23.2 Å². The third-order valence-corrected chi connectivity index (χ3v) is 3.99. The van der Waals surface area contributed by atoms with Gasteiger partial charge in [0.1, 0.15) is 11.6 Å². The van der Waals surface area contributed by atoms with Crippen LogP contribution in [0.1, 0.15) is 37.7 Å². The molecule has 0 saturated heterocycles. The van der Waals surface area contributed by atoms with Crippen molar-refractivity contribution in [1.29, 1.82) is 0 Å². The molecule has 1 fully saturated rings. The zero-order chi connectivity index (χ0) is 13.7. The quantitative estimate of drug-likeness (QED) is 0.617. The standard InChI is InChI=1S/C15H18FNO2/c1-19-14-6-5-12(16)9-13(14)15(10-17-11-18)7-3-2-4-8-15/h5-6,9H,2-4,7-8,10H2,1H3. The van der Waals surface area contributed by atoms with E-state index in [1.54, 1.807) is 19.3 Å². The lowest BCUT2D eigenvalue weighted by atomic mass is 9.69. The monoisotopic (exact) mass is 263 g/mol. The molecule has 0 heterocycles. The second kappa shape index (κ2) is 5.98. The summed E-state index contributed by atoms with van der Waals surface area (Å²) in [6.45, 7) is 0.357. The first kappa shape index (κ1) is 13.8. The van der Waals surface area contributed by atoms with Gasteiger partial charge in [-0.3, -0.25) is 0 Å². The van der Waals surface area contributed by atoms with E-state index in [1.165, 1.54) is 18.6 Å². The molecule has 1 aliphatic carbocycles. The van der Waals surface area contributed by atoms with Gasteiger partial charge >= 0.3 is 0 Å². The van der Waals surface area contributed by atoms with Gasteiger partial charge in [-0.25, -0.2) is 14.2 Å². The van der Waals surface area contributed by atoms with E-state index in [0.29, 0.717) is 12.3 Å². The molecule has 0 unspecified atom stereocenters. The molecule has 0 amide bonds. The Labute approximate surface area is 112 Å². The first-order valence-corrected chi connectivity index (χ1v) is 6.59. The van der Waals surface area contributed by atoms with Crippen molar-refractivity contribution in [3.63, 3.8) is 0 Å². The first-order chi connectivity index (χ1) is 9.22. The number of aliphatic imine (C=N–C) groups is 1. The van der Waals surface area contributed by atoms with Crippen LogP contribution in [-0.2, 0) is 10.2 Å². The van der Waals surface area contributed by atoms with E-state index in [-0.39, 0.29) is 11.2 Å². The lowest BCUT2D eigenvalue weighted by Crippen LogP contribution is -2.33. The van der Waals surface area contributed by atoms with Gasteiger partial charge in [0.05, 0.1) is 13.7 Å². The largest absolute Gasteiger partial charge is 0.496 e. The van der Waals surface area contributed by atoms with Crippen LogP contribution < -0.4 is 4.74 Å². The van der Waals surface area contributed by atoms with Crippen LogP contribution in [0.25, 0.3) is 0 Å². The smallest absolute Gasteiger partial charge is 0.234 e. The molecular weight excluding hydrogens is 245 g/mol. The van der Waals surface area contributed by atoms with Gasteiger partial charge in [-0.15, -0.1) is 0 Å². The summed E-state index contributed by atoms with van der Waals surface area (Å²) >= 11 is 0. The summed E-state index contributed by atoms with van der Waals surface area (Å²) in [6.07, 6.45) is 6.70. The Morgan fingerprint density at radius 2 is 2.11 bits per heavy atom. The van der Waals surface area contributed by atoms with Crippen molar-refractivity contribution in [3.8, 4) is 5.75 Å². The van der Waals surface area contributed by atoms with Crippen LogP contribution in [-0.4, -0.2) is 19.7 Å². The first-order valence-electron chi connectivity index (χ1n) is 6.59. The van der Waals surface area contributed by atoms with Gasteiger partial charge < -0.3 is 4.74 Å². The Balaban J connectivity index is 2.47. The molecule has 0 N–H and O–H groups in total. The number of nitrogens with zero attached hydrogens (tertiary/aromatic N) is 1. The summed E-state index contributed by atoms with van der Waals surface area (Å²) in [6, 6.07) is 4.55. The van der Waals surface area contributed by atoms with Gasteiger partial charge in [0.2, 0.25) is 6.08 Å². The number of rotatable bonds is 4. The molecule has 1 aromatic rings. The maximum atomic E-state index is 13.6. The zero-order valence-corrected chi connectivity index (χ0v) is 11.1. The lowest BCUT2D eigenvalue weighted by Gasteiger charge is -2.37. The summed E-state index contributed by atoms with van der Waals surface area (Å²) in [5.41, 5.74) is 0.539. The minimum absolute atomic E-state index is 0.282. The van der Waals surface area contributed by atoms with E-state index in [1.807, 2.05) is 0 Å². The van der Waals surface area contributed by atoms with E-state index in [4.69, 9.17) is 4.74 Å². The van der Waals surface area contributed by atoms with Crippen molar-refractivity contribution >= 4 is 6.08 Å². The van der Waals surface area contributed by atoms with E-state index < -0.39 is 0 Å². The Morgan fingerprint density at radius 1 is 1.37 bits per heavy atom. The average Bonchev–Trinajstić information content (AvgIpc) is 2.46. The van der Waals surface area contributed by atoms with Crippen LogP contribution in [0.5, 0.6) is 5.75 Å². The molecule has 0 spiro atoms. The number of carbonyl (C=O) groups excluding carboxylic acids is 1. The van der Waals surface area contributed by atoms with Crippen LogP contribution >= 0.6 is 0 Å². The van der Waals surface area contributed by atoms with Crippen molar-refractivity contribution < 1.29 is 13.9 Å². The van der Waals surface area contributed by atoms with Gasteiger partial charge in [-0.05, 0) is 31.0 Å². The molecule has 2 rings (SSSR count). The summed E-state index contributed by atoms with van der Waals surface area (Å²) in [4.78, 5) is 14.2. The Kier molecular flexibility index (Phi) is 4.33. The molecule has 4 heteroatoms. The Bertz CT molecular complexity index is 489. The summed E-state index contributed by atoms with van der Waals surface area (Å²) < 4.78 is 18.9. The van der Waals surface area contributed by atoms with Gasteiger partial charge in [-0.2, -0.15) is 0 Å². The van der Waals surface area contributed by atoms with E-state index in [2.05, 4.69) is 4.99 Å². The average molecular weight is 263 g/mol. The molecular formula is C15H18FNO2. The number of benzene rings is 1. The van der Waals surface area contributed by atoms with Gasteiger partial charge in [0, 0.05) is 11.0 Å². The van der Waals surface area contributed by atoms with Crippen LogP contribution in [0.3, 0.4) is 0 Å². The fourth-order valence-corrected chi connectivity index (χ4v) is 3.02. The van der Waals surface area contributed by atoms with Gasteiger partial charge in [-0.1, -0.05) is 19.3 Å². The van der Waals surface area contributed by atoms with Crippen molar-refractivity contribution in [2.75, 3.05) is 13.7 Å². The second-order valence-corrected chi connectivity index (χ2v) is 5.09. The van der Waals surface area contributed by atoms with E-state index in [0.717, 1.165) is 31.2 Å². The highest BCUT2D eigenvalue weighted by molar-refractivity contribution is 5.42. The fourth-order valence-electron chi connectivity index (χ4n) is 3.02. The summed E-state index contributed by atoms with van der Waals surface area (Å²) in [5.74, 6) is 0.389. The maximum Gasteiger partial charge on any atom is 0.234 e. The molecule has 19 heavy (non-hydrogen) atoms. The minimum Gasteiger partial charge on any atom is -0.496 e. The van der Waals surface area contributed by atoms with Crippen LogP contribution in [0, 0.1) is 5.82 Å². The van der Waals surface area contributed by atoms with Gasteiger partial charge in [0.15, 0.2) is 0 Å². The lowest BCUT2D eigenvalue weighted by molar-refractivity contribution is 0.287. The Hall–Kier alpha value is -1.67. The number of methoxy groups -OCH3 is 1. The number of halogens is 1. The molecule has 1 aliphatic rings. The van der Waals surface area contributed by atoms with Gasteiger partial charge in [0.25, 0.3) is 0 Å². The molecule has 0 atom stereocenters. The third kappa shape index (κ3) is 2.85. The maximum absolute atomic E-state index is 13.6. The Morgan fingerprint density at radius 3 is 2.74 bits per heavy atom. The molecule has 1 aromatic carbocycles. The molecule has 1 saturated carbocycles. The molecule has 0 aromatic heterocycles. The van der Waals surface area contributed by atoms with E-state index >= 15 is 0 Å². The highest BCUT2D eigenvalue weighted by Crippen LogP contribution is 2.43. The number of ether oxygens (including phenoxy) is 1. The van der Waals surface area contributed by atoms with Crippen LogP contribution in [0.2, 0.25) is 0 Å². The summed E-state index contributed by atoms with van der Waals surface area (Å²) in [5, 5.41) is 0. The predicted octanol–water partition coefficient (Wildman–Crippen LogP) is 3.37.